The Labute approximate surface area is 178 Å². The summed E-state index contributed by atoms with van der Waals surface area (Å²) in [5, 5.41) is 4.42. The summed E-state index contributed by atoms with van der Waals surface area (Å²) in [6, 6.07) is 3.47. The van der Waals surface area contributed by atoms with Gasteiger partial charge in [0.25, 0.3) is 0 Å². The van der Waals surface area contributed by atoms with E-state index in [0.717, 1.165) is 0 Å². The highest BCUT2D eigenvalue weighted by Crippen LogP contribution is 2.22. The van der Waals surface area contributed by atoms with Crippen LogP contribution in [0.2, 0.25) is 0 Å². The van der Waals surface area contributed by atoms with E-state index in [0.29, 0.717) is 43.6 Å². The second-order valence-corrected chi connectivity index (χ2v) is 8.07. The van der Waals surface area contributed by atoms with Gasteiger partial charge in [0.15, 0.2) is 17.1 Å². The molecule has 0 aromatic carbocycles. The number of carbonyl (C=O) groups excluding carboxylic acids is 2. The summed E-state index contributed by atoms with van der Waals surface area (Å²) in [6.45, 7) is 7.50. The van der Waals surface area contributed by atoms with Crippen molar-refractivity contribution in [2.75, 3.05) is 38.2 Å². The first-order valence-corrected chi connectivity index (χ1v) is 9.87. The number of aromatic nitrogens is 4. The summed E-state index contributed by atoms with van der Waals surface area (Å²) in [6.07, 6.45) is 2.88. The molecule has 1 saturated heterocycles. The maximum atomic E-state index is 12.4. The quantitative estimate of drug-likeness (QED) is 0.579. The number of esters is 1. The van der Waals surface area contributed by atoms with Gasteiger partial charge in [-0.25, -0.2) is 24.1 Å². The summed E-state index contributed by atoms with van der Waals surface area (Å²) in [4.78, 5) is 37.2. The molecule has 0 radical (unpaired) electrons. The van der Waals surface area contributed by atoms with E-state index in [1.54, 1.807) is 23.2 Å². The third-order valence-electron chi connectivity index (χ3n) is 4.68. The van der Waals surface area contributed by atoms with Crippen molar-refractivity contribution in [3.05, 3.63) is 30.3 Å². The van der Waals surface area contributed by atoms with Crippen molar-refractivity contribution in [1.29, 1.82) is 0 Å². The fraction of sp³-hybridized carbons (Fsp3) is 0.450. The van der Waals surface area contributed by atoms with Crippen LogP contribution in [0.15, 0.2) is 29.0 Å². The number of hydrogen-bond acceptors (Lipinski definition) is 9. The van der Waals surface area contributed by atoms with Crippen LogP contribution >= 0.6 is 0 Å². The van der Waals surface area contributed by atoms with Gasteiger partial charge in [-0.2, -0.15) is 0 Å². The van der Waals surface area contributed by atoms with E-state index in [4.69, 9.17) is 13.9 Å². The molecule has 1 fully saturated rings. The molecule has 0 aliphatic carbocycles. The van der Waals surface area contributed by atoms with E-state index in [1.807, 2.05) is 25.7 Å². The number of anilines is 1. The SMILES string of the molecule is COC(=O)c1nc(N2CCN(C(=O)OC(C)(C)C)CC2)cn2nc(-c3ccco3)nc12. The summed E-state index contributed by atoms with van der Waals surface area (Å²) in [5.74, 6) is 0.737. The van der Waals surface area contributed by atoms with E-state index < -0.39 is 11.6 Å². The Bertz CT molecular complexity index is 1090. The van der Waals surface area contributed by atoms with Gasteiger partial charge in [-0.3, -0.25) is 0 Å². The number of piperazine rings is 1. The van der Waals surface area contributed by atoms with Gasteiger partial charge < -0.3 is 23.7 Å². The van der Waals surface area contributed by atoms with E-state index in [1.165, 1.54) is 17.9 Å². The Morgan fingerprint density at radius 3 is 2.48 bits per heavy atom. The normalized spacial score (nSPS) is 14.7. The Kier molecular flexibility index (Phi) is 5.25. The van der Waals surface area contributed by atoms with Crippen LogP contribution in [0, 0.1) is 0 Å². The molecule has 0 saturated carbocycles. The molecule has 164 valence electrons. The Morgan fingerprint density at radius 1 is 1.13 bits per heavy atom. The van der Waals surface area contributed by atoms with E-state index >= 15 is 0 Å². The van der Waals surface area contributed by atoms with Gasteiger partial charge in [0.2, 0.25) is 5.82 Å². The van der Waals surface area contributed by atoms with Crippen molar-refractivity contribution in [3.63, 3.8) is 0 Å². The summed E-state index contributed by atoms with van der Waals surface area (Å²) < 4.78 is 17.2. The number of ether oxygens (including phenoxy) is 2. The zero-order chi connectivity index (χ0) is 22.2. The van der Waals surface area contributed by atoms with Crippen molar-refractivity contribution in [2.24, 2.45) is 0 Å². The third kappa shape index (κ3) is 4.30. The van der Waals surface area contributed by atoms with Crippen molar-refractivity contribution in [1.82, 2.24) is 24.5 Å². The minimum atomic E-state index is -0.613. The summed E-state index contributed by atoms with van der Waals surface area (Å²) in [7, 11) is 1.29. The lowest BCUT2D eigenvalue weighted by atomic mass is 10.2. The molecule has 4 rings (SSSR count). The smallest absolute Gasteiger partial charge is 0.410 e. The van der Waals surface area contributed by atoms with Gasteiger partial charge in [-0.05, 0) is 32.9 Å². The van der Waals surface area contributed by atoms with Crippen LogP contribution in [-0.4, -0.2) is 75.4 Å². The molecule has 0 unspecified atom stereocenters. The number of nitrogens with zero attached hydrogens (tertiary/aromatic N) is 6. The minimum absolute atomic E-state index is 0.0554. The fourth-order valence-corrected chi connectivity index (χ4v) is 3.22. The number of hydrogen-bond donors (Lipinski definition) is 0. The highest BCUT2D eigenvalue weighted by atomic mass is 16.6. The predicted molar refractivity (Wildman–Crippen MR) is 110 cm³/mol. The van der Waals surface area contributed by atoms with Gasteiger partial charge in [0.1, 0.15) is 11.4 Å². The fourth-order valence-electron chi connectivity index (χ4n) is 3.22. The predicted octanol–water partition coefficient (Wildman–Crippen LogP) is 2.23. The molecule has 11 nitrogen and oxygen atoms in total. The molecule has 0 spiro atoms. The summed E-state index contributed by atoms with van der Waals surface area (Å²) >= 11 is 0. The lowest BCUT2D eigenvalue weighted by Gasteiger charge is -2.36. The summed E-state index contributed by atoms with van der Waals surface area (Å²) in [5.41, 5.74) is -0.219. The number of methoxy groups -OCH3 is 1. The maximum Gasteiger partial charge on any atom is 0.410 e. The van der Waals surface area contributed by atoms with Crippen LogP contribution in [0.4, 0.5) is 10.6 Å². The topological polar surface area (TPSA) is 115 Å². The lowest BCUT2D eigenvalue weighted by Crippen LogP contribution is -2.50. The Balaban J connectivity index is 1.59. The van der Waals surface area contributed by atoms with Crippen LogP contribution in [0.25, 0.3) is 17.2 Å². The lowest BCUT2D eigenvalue weighted by molar-refractivity contribution is 0.0240. The number of fused-ring (bicyclic) bond motifs is 1. The second kappa shape index (κ2) is 7.89. The molecule has 0 bridgehead atoms. The van der Waals surface area contributed by atoms with E-state index in [9.17, 15) is 9.59 Å². The number of amides is 1. The van der Waals surface area contributed by atoms with E-state index in [-0.39, 0.29) is 17.4 Å². The molecule has 3 aromatic rings. The van der Waals surface area contributed by atoms with Crippen LogP contribution in [-0.2, 0) is 9.47 Å². The average molecular weight is 428 g/mol. The zero-order valence-electron chi connectivity index (χ0n) is 17.9. The Morgan fingerprint density at radius 2 is 1.87 bits per heavy atom. The number of carbonyl (C=O) groups is 2. The van der Waals surface area contributed by atoms with Crippen LogP contribution in [0.5, 0.6) is 0 Å². The first kappa shape index (κ1) is 20.6. The second-order valence-electron chi connectivity index (χ2n) is 8.07. The van der Waals surface area contributed by atoms with Crippen molar-refractivity contribution < 1.29 is 23.5 Å². The van der Waals surface area contributed by atoms with Gasteiger partial charge >= 0.3 is 12.1 Å². The molecule has 1 aliphatic heterocycles. The highest BCUT2D eigenvalue weighted by molar-refractivity contribution is 5.94. The molecule has 31 heavy (non-hydrogen) atoms. The van der Waals surface area contributed by atoms with Crippen LogP contribution < -0.4 is 4.90 Å². The first-order valence-electron chi connectivity index (χ1n) is 9.87. The molecule has 11 heteroatoms. The number of furan rings is 1. The van der Waals surface area contributed by atoms with Gasteiger partial charge in [0, 0.05) is 26.2 Å². The average Bonchev–Trinajstić information content (AvgIpc) is 3.40. The van der Waals surface area contributed by atoms with Crippen molar-refractivity contribution >= 4 is 23.5 Å². The Hall–Kier alpha value is -3.63. The van der Waals surface area contributed by atoms with Gasteiger partial charge in [-0.15, -0.1) is 5.10 Å². The molecule has 0 atom stereocenters. The third-order valence-corrected chi connectivity index (χ3v) is 4.68. The largest absolute Gasteiger partial charge is 0.464 e. The van der Waals surface area contributed by atoms with Crippen molar-refractivity contribution in [2.45, 2.75) is 26.4 Å². The zero-order valence-corrected chi connectivity index (χ0v) is 17.9. The highest BCUT2D eigenvalue weighted by Gasteiger charge is 2.28. The van der Waals surface area contributed by atoms with Crippen LogP contribution in [0.3, 0.4) is 0 Å². The molecule has 1 aliphatic rings. The standard InChI is InChI=1S/C20H24N6O5/c1-20(2,3)31-19(28)25-9-7-24(8-10-25)14-12-26-17(15(21-14)18(27)29-4)22-16(23-26)13-6-5-11-30-13/h5-6,11-12H,7-10H2,1-4H3. The van der Waals surface area contributed by atoms with Gasteiger partial charge in [0.05, 0.1) is 19.6 Å². The maximum absolute atomic E-state index is 12.4. The monoisotopic (exact) mass is 428 g/mol. The minimum Gasteiger partial charge on any atom is -0.464 e. The van der Waals surface area contributed by atoms with E-state index in [2.05, 4.69) is 15.1 Å². The number of rotatable bonds is 3. The molecule has 3 aromatic heterocycles. The molecular weight excluding hydrogens is 404 g/mol. The van der Waals surface area contributed by atoms with Crippen LogP contribution in [0.1, 0.15) is 31.3 Å². The molecular formula is C20H24N6O5. The molecule has 1 amide bonds. The van der Waals surface area contributed by atoms with Crippen molar-refractivity contribution in [3.8, 4) is 11.6 Å². The molecule has 0 N–H and O–H groups in total. The first-order chi connectivity index (χ1) is 14.7. The molecule has 4 heterocycles. The van der Waals surface area contributed by atoms with Gasteiger partial charge in [-0.1, -0.05) is 0 Å².